The normalized spacial score (nSPS) is 32.3. The van der Waals surface area contributed by atoms with Crippen molar-refractivity contribution < 1.29 is 18.7 Å². The molecule has 3 fully saturated rings. The van der Waals surface area contributed by atoms with Gasteiger partial charge in [0.2, 0.25) is 0 Å². The van der Waals surface area contributed by atoms with E-state index < -0.39 is 17.0 Å². The van der Waals surface area contributed by atoms with Gasteiger partial charge in [-0.15, -0.1) is 0 Å². The molecule has 0 atom stereocenters. The molecule has 2 spiro atoms. The highest BCUT2D eigenvalue weighted by molar-refractivity contribution is 5.98. The molecular weight excluding hydrogens is 451 g/mol. The quantitative estimate of drug-likeness (QED) is 0.173. The molecule has 3 aliphatic carbocycles. The van der Waals surface area contributed by atoms with E-state index in [4.69, 9.17) is 9.47 Å². The Morgan fingerprint density at radius 2 is 0.944 bits per heavy atom. The van der Waals surface area contributed by atoms with Gasteiger partial charge in [-0.3, -0.25) is 4.79 Å². The van der Waals surface area contributed by atoms with Gasteiger partial charge >= 0.3 is 0 Å². The number of Topliss-reactive ketones (excluding diaryl/α,β-unsaturated/α-hetero) is 1. The van der Waals surface area contributed by atoms with Gasteiger partial charge in [0.15, 0.2) is 5.78 Å². The highest BCUT2D eigenvalue weighted by Crippen LogP contribution is 2.64. The minimum atomic E-state index is -0.953. The van der Waals surface area contributed by atoms with Gasteiger partial charge in [0.05, 0.1) is 23.0 Å². The van der Waals surface area contributed by atoms with Crippen LogP contribution in [0.2, 0.25) is 0 Å². The van der Waals surface area contributed by atoms with Crippen LogP contribution in [0.25, 0.3) is 0 Å². The van der Waals surface area contributed by atoms with Crippen molar-refractivity contribution in [2.24, 2.45) is 10.8 Å². The Morgan fingerprint density at radius 3 is 1.28 bits per heavy atom. The number of ketones is 1. The van der Waals surface area contributed by atoms with E-state index in [0.717, 1.165) is 51.7 Å². The van der Waals surface area contributed by atoms with Crippen LogP contribution in [0, 0.1) is 10.8 Å². The van der Waals surface area contributed by atoms with E-state index in [1.165, 1.54) is 77.0 Å². The molecule has 0 saturated heterocycles. The molecule has 0 amide bonds. The second kappa shape index (κ2) is 15.8. The van der Waals surface area contributed by atoms with Crippen molar-refractivity contribution in [1.29, 1.82) is 0 Å². The number of rotatable bonds is 18. The van der Waals surface area contributed by atoms with Gasteiger partial charge in [0.1, 0.15) is 6.17 Å². The molecule has 0 aromatic rings. The molecule has 0 aromatic carbocycles. The number of alkyl halides is 1. The predicted octanol–water partition coefficient (Wildman–Crippen LogP) is 9.30. The maximum atomic E-state index is 15.8. The minimum absolute atomic E-state index is 0.225. The van der Waals surface area contributed by atoms with Gasteiger partial charge in [-0.05, 0) is 64.2 Å². The summed E-state index contributed by atoms with van der Waals surface area (Å²) in [7, 11) is 0. The van der Waals surface area contributed by atoms with Crippen molar-refractivity contribution in [3.05, 3.63) is 0 Å². The minimum Gasteiger partial charge on any atom is -0.378 e. The fraction of sp³-hybridized carbons (Fsp3) is 0.969. The first-order chi connectivity index (χ1) is 17.6. The third kappa shape index (κ3) is 7.78. The Kier molecular flexibility index (Phi) is 13.2. The SMILES string of the molecule is CCCCCCCCCOC1CCC2(CC1)C(=O)C1(CCC(OCCCCCCCCC)CC1)C2F. The monoisotopic (exact) mass is 508 g/mol. The van der Waals surface area contributed by atoms with Gasteiger partial charge in [0.25, 0.3) is 0 Å². The van der Waals surface area contributed by atoms with Crippen LogP contribution in [-0.4, -0.2) is 37.4 Å². The summed E-state index contributed by atoms with van der Waals surface area (Å²) in [5.41, 5.74) is -1.38. The fourth-order valence-electron chi connectivity index (χ4n) is 7.30. The summed E-state index contributed by atoms with van der Waals surface area (Å²) in [5.74, 6) is 0.249. The van der Waals surface area contributed by atoms with Crippen LogP contribution < -0.4 is 0 Å². The van der Waals surface area contributed by atoms with E-state index in [2.05, 4.69) is 13.8 Å². The zero-order chi connectivity index (χ0) is 25.7. The molecule has 3 nitrogen and oxygen atoms in total. The number of hydrogen-bond donors (Lipinski definition) is 0. The number of carbonyl (C=O) groups is 1. The van der Waals surface area contributed by atoms with Gasteiger partial charge in [-0.2, -0.15) is 0 Å². The summed E-state index contributed by atoms with van der Waals surface area (Å²) >= 11 is 0. The number of halogens is 1. The Hall–Kier alpha value is -0.480. The smallest absolute Gasteiger partial charge is 0.151 e. The summed E-state index contributed by atoms with van der Waals surface area (Å²) in [6.45, 7) is 6.15. The second-order valence-electron chi connectivity index (χ2n) is 12.4. The lowest BCUT2D eigenvalue weighted by molar-refractivity contribution is -0.198. The first-order valence-electron chi connectivity index (χ1n) is 16.0. The van der Waals surface area contributed by atoms with Crippen LogP contribution in [-0.2, 0) is 14.3 Å². The zero-order valence-electron chi connectivity index (χ0n) is 23.8. The molecular formula is C32H57FO3. The topological polar surface area (TPSA) is 35.5 Å². The molecule has 4 heteroatoms. The first-order valence-corrected chi connectivity index (χ1v) is 16.0. The summed E-state index contributed by atoms with van der Waals surface area (Å²) in [5, 5.41) is 0. The third-order valence-electron chi connectivity index (χ3n) is 9.73. The molecule has 3 rings (SSSR count). The van der Waals surface area contributed by atoms with Crippen molar-refractivity contribution >= 4 is 5.78 Å². The lowest BCUT2D eigenvalue weighted by Crippen LogP contribution is -2.69. The van der Waals surface area contributed by atoms with Crippen molar-refractivity contribution in [3.8, 4) is 0 Å². The lowest BCUT2D eigenvalue weighted by atomic mass is 9.42. The van der Waals surface area contributed by atoms with Crippen LogP contribution in [0.5, 0.6) is 0 Å². The average Bonchev–Trinajstić information content (AvgIpc) is 2.92. The van der Waals surface area contributed by atoms with Crippen LogP contribution in [0.4, 0.5) is 4.39 Å². The van der Waals surface area contributed by atoms with E-state index in [1.54, 1.807) is 0 Å². The van der Waals surface area contributed by atoms with E-state index in [1.807, 2.05) is 0 Å². The highest BCUT2D eigenvalue weighted by atomic mass is 19.1. The van der Waals surface area contributed by atoms with Gasteiger partial charge in [0, 0.05) is 13.2 Å². The van der Waals surface area contributed by atoms with E-state index in [-0.39, 0.29) is 18.0 Å². The molecule has 210 valence electrons. The molecule has 0 bridgehead atoms. The molecule has 0 unspecified atom stereocenters. The maximum Gasteiger partial charge on any atom is 0.151 e. The lowest BCUT2D eigenvalue weighted by Gasteiger charge is -2.61. The number of carbonyl (C=O) groups excluding carboxylic acids is 1. The molecule has 0 aromatic heterocycles. The molecule has 0 radical (unpaired) electrons. The summed E-state index contributed by atoms with van der Waals surface area (Å²) in [6, 6.07) is 0. The summed E-state index contributed by atoms with van der Waals surface area (Å²) in [6.07, 6.45) is 23.7. The standard InChI is InChI=1S/C32H57FO3/c1-3-5-7-9-11-13-15-25-35-27-17-21-31(22-18-27)29(33)32(30(31)34)23-19-28(20-24-32)36-26-16-14-12-10-8-6-4-2/h27-29H,3-26H2,1-2H3. The Morgan fingerprint density at radius 1 is 0.611 bits per heavy atom. The summed E-state index contributed by atoms with van der Waals surface area (Å²) < 4.78 is 28.0. The molecule has 36 heavy (non-hydrogen) atoms. The van der Waals surface area contributed by atoms with Gasteiger partial charge in [-0.1, -0.05) is 90.9 Å². The maximum absolute atomic E-state index is 15.8. The highest BCUT2D eigenvalue weighted by Gasteiger charge is 2.71. The van der Waals surface area contributed by atoms with E-state index in [0.29, 0.717) is 25.7 Å². The summed E-state index contributed by atoms with van der Waals surface area (Å²) in [4.78, 5) is 13.4. The zero-order valence-corrected chi connectivity index (χ0v) is 23.8. The fourth-order valence-corrected chi connectivity index (χ4v) is 7.30. The van der Waals surface area contributed by atoms with Gasteiger partial charge < -0.3 is 9.47 Å². The first kappa shape index (κ1) is 30.1. The predicted molar refractivity (Wildman–Crippen MR) is 147 cm³/mol. The van der Waals surface area contributed by atoms with Crippen molar-refractivity contribution in [3.63, 3.8) is 0 Å². The Balaban J connectivity index is 1.27. The number of ether oxygens (including phenoxy) is 2. The number of hydrogen-bond acceptors (Lipinski definition) is 3. The second-order valence-corrected chi connectivity index (χ2v) is 12.4. The van der Waals surface area contributed by atoms with Crippen LogP contribution in [0.1, 0.15) is 155 Å². The molecule has 0 aliphatic heterocycles. The van der Waals surface area contributed by atoms with Crippen molar-refractivity contribution in [2.45, 2.75) is 173 Å². The van der Waals surface area contributed by atoms with Gasteiger partial charge in [-0.25, -0.2) is 4.39 Å². The molecule has 3 saturated carbocycles. The van der Waals surface area contributed by atoms with Crippen LogP contribution in [0.3, 0.4) is 0 Å². The van der Waals surface area contributed by atoms with Crippen molar-refractivity contribution in [1.82, 2.24) is 0 Å². The van der Waals surface area contributed by atoms with E-state index in [9.17, 15) is 4.79 Å². The van der Waals surface area contributed by atoms with Crippen LogP contribution in [0.15, 0.2) is 0 Å². The molecule has 0 heterocycles. The largest absolute Gasteiger partial charge is 0.378 e. The van der Waals surface area contributed by atoms with E-state index >= 15 is 4.39 Å². The third-order valence-corrected chi connectivity index (χ3v) is 9.73. The molecule has 3 aliphatic rings. The number of unbranched alkanes of at least 4 members (excludes halogenated alkanes) is 12. The average molecular weight is 509 g/mol. The van der Waals surface area contributed by atoms with Crippen LogP contribution >= 0.6 is 0 Å². The Bertz CT molecular complexity index is 555. The van der Waals surface area contributed by atoms with Crippen molar-refractivity contribution in [2.75, 3.05) is 13.2 Å². The Labute approximate surface area is 222 Å². The molecule has 0 N–H and O–H groups in total.